The number of esters is 2. The maximum absolute atomic E-state index is 11.9. The Morgan fingerprint density at radius 3 is 2.00 bits per heavy atom. The standard InChI is InChI=1S/C13H22O5/c1-2-8-17-12(15)10-5-3-4-6-11(10)13(16)18-9-7-14/h10-11,14H,2-9H2,1H3. The zero-order chi connectivity index (χ0) is 13.4. The molecule has 1 aliphatic rings. The van der Waals surface area contributed by atoms with Crippen molar-refractivity contribution in [2.75, 3.05) is 19.8 Å². The van der Waals surface area contributed by atoms with E-state index in [1.54, 1.807) is 0 Å². The number of rotatable bonds is 6. The molecule has 0 aromatic rings. The third-order valence-electron chi connectivity index (χ3n) is 3.16. The summed E-state index contributed by atoms with van der Waals surface area (Å²) in [4.78, 5) is 23.7. The van der Waals surface area contributed by atoms with Crippen molar-refractivity contribution in [1.82, 2.24) is 0 Å². The minimum atomic E-state index is -0.408. The van der Waals surface area contributed by atoms with Crippen LogP contribution in [0.5, 0.6) is 0 Å². The average Bonchev–Trinajstić information content (AvgIpc) is 2.42. The van der Waals surface area contributed by atoms with E-state index in [0.717, 1.165) is 19.3 Å². The Morgan fingerprint density at radius 1 is 1.06 bits per heavy atom. The number of carbonyl (C=O) groups excluding carboxylic acids is 2. The molecule has 1 rings (SSSR count). The van der Waals surface area contributed by atoms with E-state index in [1.807, 2.05) is 6.92 Å². The Morgan fingerprint density at radius 2 is 1.56 bits per heavy atom. The van der Waals surface area contributed by atoms with Crippen LogP contribution in [0.4, 0.5) is 0 Å². The smallest absolute Gasteiger partial charge is 0.309 e. The lowest BCUT2D eigenvalue weighted by Crippen LogP contribution is -2.35. The van der Waals surface area contributed by atoms with Crippen LogP contribution in [-0.4, -0.2) is 36.9 Å². The highest BCUT2D eigenvalue weighted by atomic mass is 16.5. The highest BCUT2D eigenvalue weighted by Gasteiger charge is 2.37. The first-order chi connectivity index (χ1) is 8.70. The van der Waals surface area contributed by atoms with Gasteiger partial charge in [0, 0.05) is 0 Å². The Labute approximate surface area is 107 Å². The van der Waals surface area contributed by atoms with E-state index in [-0.39, 0.29) is 31.1 Å². The normalized spacial score (nSPS) is 23.4. The molecule has 0 aliphatic heterocycles. The van der Waals surface area contributed by atoms with Gasteiger partial charge in [-0.05, 0) is 19.3 Å². The molecule has 0 heterocycles. The van der Waals surface area contributed by atoms with E-state index in [4.69, 9.17) is 14.6 Å². The van der Waals surface area contributed by atoms with Gasteiger partial charge in [0.2, 0.25) is 0 Å². The van der Waals surface area contributed by atoms with Crippen LogP contribution in [-0.2, 0) is 19.1 Å². The molecule has 0 aromatic heterocycles. The second kappa shape index (κ2) is 8.08. The molecule has 1 aliphatic carbocycles. The van der Waals surface area contributed by atoms with E-state index in [2.05, 4.69) is 0 Å². The van der Waals surface area contributed by atoms with Gasteiger partial charge >= 0.3 is 11.9 Å². The van der Waals surface area contributed by atoms with Gasteiger partial charge in [0.1, 0.15) is 6.61 Å². The summed E-state index contributed by atoms with van der Waals surface area (Å²) in [6.07, 6.45) is 3.99. The first-order valence-corrected chi connectivity index (χ1v) is 6.64. The number of hydrogen-bond donors (Lipinski definition) is 1. The van der Waals surface area contributed by atoms with Crippen molar-refractivity contribution in [3.63, 3.8) is 0 Å². The molecule has 0 radical (unpaired) electrons. The van der Waals surface area contributed by atoms with Crippen LogP contribution in [0.25, 0.3) is 0 Å². The van der Waals surface area contributed by atoms with Crippen molar-refractivity contribution in [2.24, 2.45) is 11.8 Å². The van der Waals surface area contributed by atoms with Crippen LogP contribution in [0, 0.1) is 11.8 Å². The Bertz CT molecular complexity index is 249. The van der Waals surface area contributed by atoms with Crippen LogP contribution >= 0.6 is 0 Å². The number of aliphatic hydroxyl groups is 1. The topological polar surface area (TPSA) is 72.8 Å². The molecule has 1 saturated carbocycles. The van der Waals surface area contributed by atoms with E-state index in [0.29, 0.717) is 19.4 Å². The molecule has 2 atom stereocenters. The summed E-state index contributed by atoms with van der Waals surface area (Å²) in [7, 11) is 0. The van der Waals surface area contributed by atoms with Gasteiger partial charge in [-0.25, -0.2) is 0 Å². The van der Waals surface area contributed by atoms with Crippen LogP contribution in [0.3, 0.4) is 0 Å². The number of hydrogen-bond acceptors (Lipinski definition) is 5. The maximum Gasteiger partial charge on any atom is 0.309 e. The van der Waals surface area contributed by atoms with Crippen molar-refractivity contribution >= 4 is 11.9 Å². The molecule has 0 spiro atoms. The number of carbonyl (C=O) groups is 2. The van der Waals surface area contributed by atoms with Gasteiger partial charge in [-0.15, -0.1) is 0 Å². The van der Waals surface area contributed by atoms with E-state index in [9.17, 15) is 9.59 Å². The minimum Gasteiger partial charge on any atom is -0.465 e. The van der Waals surface area contributed by atoms with Crippen molar-refractivity contribution < 1.29 is 24.2 Å². The fourth-order valence-electron chi connectivity index (χ4n) is 2.26. The van der Waals surface area contributed by atoms with Crippen LogP contribution in [0.2, 0.25) is 0 Å². The van der Waals surface area contributed by atoms with Crippen LogP contribution < -0.4 is 0 Å². The van der Waals surface area contributed by atoms with Gasteiger partial charge < -0.3 is 14.6 Å². The molecule has 104 valence electrons. The SMILES string of the molecule is CCCOC(=O)C1CCCCC1C(=O)OCCO. The van der Waals surface area contributed by atoms with E-state index >= 15 is 0 Å². The summed E-state index contributed by atoms with van der Waals surface area (Å²) in [5, 5.41) is 8.64. The predicted molar refractivity (Wildman–Crippen MR) is 64.7 cm³/mol. The van der Waals surface area contributed by atoms with Crippen molar-refractivity contribution in [2.45, 2.75) is 39.0 Å². The average molecular weight is 258 g/mol. The minimum absolute atomic E-state index is 0.00788. The molecular formula is C13H22O5. The van der Waals surface area contributed by atoms with Gasteiger partial charge in [0.15, 0.2) is 0 Å². The van der Waals surface area contributed by atoms with Crippen molar-refractivity contribution in [1.29, 1.82) is 0 Å². The summed E-state index contributed by atoms with van der Waals surface area (Å²) >= 11 is 0. The van der Waals surface area contributed by atoms with Crippen LogP contribution in [0.1, 0.15) is 39.0 Å². The largest absolute Gasteiger partial charge is 0.465 e. The fraction of sp³-hybridized carbons (Fsp3) is 0.846. The molecule has 0 bridgehead atoms. The van der Waals surface area contributed by atoms with E-state index in [1.165, 1.54) is 0 Å². The Hall–Kier alpha value is -1.10. The van der Waals surface area contributed by atoms with Gasteiger partial charge in [-0.1, -0.05) is 19.8 Å². The molecular weight excluding hydrogens is 236 g/mol. The number of ether oxygens (including phenoxy) is 2. The summed E-state index contributed by atoms with van der Waals surface area (Å²) < 4.78 is 10.0. The zero-order valence-electron chi connectivity index (χ0n) is 10.9. The third kappa shape index (κ3) is 4.29. The monoisotopic (exact) mass is 258 g/mol. The molecule has 5 heteroatoms. The Balaban J connectivity index is 2.55. The molecule has 5 nitrogen and oxygen atoms in total. The first kappa shape index (κ1) is 15.0. The van der Waals surface area contributed by atoms with Gasteiger partial charge in [0.25, 0.3) is 0 Å². The quantitative estimate of drug-likeness (QED) is 0.727. The first-order valence-electron chi connectivity index (χ1n) is 6.64. The van der Waals surface area contributed by atoms with Gasteiger partial charge in [-0.2, -0.15) is 0 Å². The molecule has 0 amide bonds. The second-order valence-corrected chi connectivity index (χ2v) is 4.56. The lowest BCUT2D eigenvalue weighted by molar-refractivity contribution is -0.163. The molecule has 0 saturated heterocycles. The second-order valence-electron chi connectivity index (χ2n) is 4.56. The maximum atomic E-state index is 11.9. The summed E-state index contributed by atoms with van der Waals surface area (Å²) in [6, 6.07) is 0. The van der Waals surface area contributed by atoms with Crippen molar-refractivity contribution in [3.8, 4) is 0 Å². The van der Waals surface area contributed by atoms with Crippen molar-refractivity contribution in [3.05, 3.63) is 0 Å². The fourth-order valence-corrected chi connectivity index (χ4v) is 2.26. The summed E-state index contributed by atoms with van der Waals surface area (Å²) in [5.74, 6) is -1.46. The van der Waals surface area contributed by atoms with Crippen LogP contribution in [0.15, 0.2) is 0 Å². The zero-order valence-corrected chi connectivity index (χ0v) is 10.9. The summed E-state index contributed by atoms with van der Waals surface area (Å²) in [5.41, 5.74) is 0. The lowest BCUT2D eigenvalue weighted by Gasteiger charge is -2.28. The number of aliphatic hydroxyl groups excluding tert-OH is 1. The molecule has 0 aromatic carbocycles. The molecule has 2 unspecified atom stereocenters. The molecule has 1 fully saturated rings. The highest BCUT2D eigenvalue weighted by Crippen LogP contribution is 2.32. The lowest BCUT2D eigenvalue weighted by atomic mass is 9.79. The highest BCUT2D eigenvalue weighted by molar-refractivity contribution is 5.82. The predicted octanol–water partition coefficient (Wildman–Crippen LogP) is 1.28. The third-order valence-corrected chi connectivity index (χ3v) is 3.16. The van der Waals surface area contributed by atoms with Gasteiger partial charge in [-0.3, -0.25) is 9.59 Å². The van der Waals surface area contributed by atoms with Gasteiger partial charge in [0.05, 0.1) is 25.0 Å². The molecule has 18 heavy (non-hydrogen) atoms. The Kier molecular flexibility index (Phi) is 6.72. The molecule has 1 N–H and O–H groups in total. The summed E-state index contributed by atoms with van der Waals surface area (Å²) in [6.45, 7) is 2.13. The van der Waals surface area contributed by atoms with E-state index < -0.39 is 5.92 Å².